The molecule has 1 N–H and O–H groups in total. The minimum absolute atomic E-state index is 0.334. The Kier molecular flexibility index (Phi) is 4.04. The van der Waals surface area contributed by atoms with Crippen molar-refractivity contribution >= 4 is 0 Å². The Hall–Kier alpha value is -1.75. The maximum Gasteiger partial charge on any atom is 0.141 e. The first-order valence-corrected chi connectivity index (χ1v) is 6.08. The van der Waals surface area contributed by atoms with Gasteiger partial charge in [-0.1, -0.05) is 6.92 Å². The average Bonchev–Trinajstić information content (AvgIpc) is 2.78. The number of pyridine rings is 1. The highest BCUT2D eigenvalue weighted by Crippen LogP contribution is 2.14. The van der Waals surface area contributed by atoms with Crippen LogP contribution in [0.3, 0.4) is 0 Å². The van der Waals surface area contributed by atoms with Gasteiger partial charge in [0.1, 0.15) is 11.5 Å². The molecule has 0 radical (unpaired) electrons. The van der Waals surface area contributed by atoms with E-state index in [-0.39, 0.29) is 5.82 Å². The molecule has 2 heterocycles. The Morgan fingerprint density at radius 3 is 2.83 bits per heavy atom. The second kappa shape index (κ2) is 5.73. The molecule has 0 bridgehead atoms. The first-order chi connectivity index (χ1) is 8.69. The fourth-order valence-corrected chi connectivity index (χ4v) is 1.82. The SMILES string of the molecule is CCN[C@@H](C)Cn1ccc(-c2ccc(F)cn2)n1. The third-order valence-electron chi connectivity index (χ3n) is 2.64. The number of halogens is 1. The first-order valence-electron chi connectivity index (χ1n) is 6.08. The molecule has 2 rings (SSSR count). The van der Waals surface area contributed by atoms with E-state index < -0.39 is 0 Å². The van der Waals surface area contributed by atoms with Crippen molar-refractivity contribution in [3.63, 3.8) is 0 Å². The molecule has 0 amide bonds. The Morgan fingerprint density at radius 1 is 1.33 bits per heavy atom. The minimum Gasteiger partial charge on any atom is -0.313 e. The molecule has 0 aliphatic carbocycles. The molecule has 0 unspecified atom stereocenters. The van der Waals surface area contributed by atoms with Crippen LogP contribution in [0.5, 0.6) is 0 Å². The van der Waals surface area contributed by atoms with Crippen LogP contribution >= 0.6 is 0 Å². The maximum absolute atomic E-state index is 12.8. The largest absolute Gasteiger partial charge is 0.313 e. The van der Waals surface area contributed by atoms with Gasteiger partial charge >= 0.3 is 0 Å². The van der Waals surface area contributed by atoms with Crippen molar-refractivity contribution in [3.8, 4) is 11.4 Å². The number of hydrogen-bond acceptors (Lipinski definition) is 3. The summed E-state index contributed by atoms with van der Waals surface area (Å²) in [4.78, 5) is 4.01. The smallest absolute Gasteiger partial charge is 0.141 e. The minimum atomic E-state index is -0.334. The van der Waals surface area contributed by atoms with E-state index in [0.29, 0.717) is 11.7 Å². The third kappa shape index (κ3) is 3.13. The summed E-state index contributed by atoms with van der Waals surface area (Å²) in [7, 11) is 0. The zero-order valence-electron chi connectivity index (χ0n) is 10.6. The van der Waals surface area contributed by atoms with Gasteiger partial charge in [-0.3, -0.25) is 9.67 Å². The lowest BCUT2D eigenvalue weighted by Gasteiger charge is -2.11. The fraction of sp³-hybridized carbons (Fsp3) is 0.385. The summed E-state index contributed by atoms with van der Waals surface area (Å²) in [6.07, 6.45) is 3.11. The number of rotatable bonds is 5. The van der Waals surface area contributed by atoms with Crippen molar-refractivity contribution in [3.05, 3.63) is 36.4 Å². The molecule has 0 aromatic carbocycles. The van der Waals surface area contributed by atoms with Gasteiger partial charge in [-0.25, -0.2) is 4.39 Å². The van der Waals surface area contributed by atoms with Crippen LogP contribution in [-0.4, -0.2) is 27.4 Å². The van der Waals surface area contributed by atoms with E-state index in [0.717, 1.165) is 18.8 Å². The molecule has 0 aliphatic heterocycles. The number of likely N-dealkylation sites (N-methyl/N-ethyl adjacent to an activating group) is 1. The molecule has 96 valence electrons. The number of aromatic nitrogens is 3. The van der Waals surface area contributed by atoms with Crippen molar-refractivity contribution < 1.29 is 4.39 Å². The third-order valence-corrected chi connectivity index (χ3v) is 2.64. The molecular weight excluding hydrogens is 231 g/mol. The normalized spacial score (nSPS) is 12.6. The number of hydrogen-bond donors (Lipinski definition) is 1. The average molecular weight is 248 g/mol. The molecule has 2 aromatic heterocycles. The van der Waals surface area contributed by atoms with Crippen LogP contribution in [0.25, 0.3) is 11.4 Å². The van der Waals surface area contributed by atoms with Gasteiger partial charge in [0.25, 0.3) is 0 Å². The molecule has 1 atom stereocenters. The molecular formula is C13H17FN4. The van der Waals surface area contributed by atoms with E-state index in [1.807, 2.05) is 16.9 Å². The number of nitrogens with one attached hydrogen (secondary N) is 1. The summed E-state index contributed by atoms with van der Waals surface area (Å²) in [5.74, 6) is -0.334. The molecule has 4 nitrogen and oxygen atoms in total. The lowest BCUT2D eigenvalue weighted by atomic mass is 10.3. The van der Waals surface area contributed by atoms with E-state index in [1.54, 1.807) is 6.07 Å². The molecule has 0 aliphatic rings. The fourth-order valence-electron chi connectivity index (χ4n) is 1.82. The van der Waals surface area contributed by atoms with Crippen molar-refractivity contribution in [2.24, 2.45) is 0 Å². The van der Waals surface area contributed by atoms with E-state index in [1.165, 1.54) is 12.3 Å². The van der Waals surface area contributed by atoms with Crippen LogP contribution in [0.1, 0.15) is 13.8 Å². The second-order valence-corrected chi connectivity index (χ2v) is 4.24. The monoisotopic (exact) mass is 248 g/mol. The Balaban J connectivity index is 2.08. The van der Waals surface area contributed by atoms with E-state index >= 15 is 0 Å². The zero-order chi connectivity index (χ0) is 13.0. The molecule has 18 heavy (non-hydrogen) atoms. The van der Waals surface area contributed by atoms with Gasteiger partial charge in [0.05, 0.1) is 18.4 Å². The predicted molar refractivity (Wildman–Crippen MR) is 68.6 cm³/mol. The topological polar surface area (TPSA) is 42.7 Å². The van der Waals surface area contributed by atoms with Crippen LogP contribution in [0.4, 0.5) is 4.39 Å². The summed E-state index contributed by atoms with van der Waals surface area (Å²) >= 11 is 0. The van der Waals surface area contributed by atoms with Crippen LogP contribution in [0.15, 0.2) is 30.6 Å². The standard InChI is InChI=1S/C13H17FN4/c1-3-15-10(2)9-18-7-6-13(17-18)12-5-4-11(14)8-16-12/h4-8,10,15H,3,9H2,1-2H3/t10-/m0/s1. The summed E-state index contributed by atoms with van der Waals surface area (Å²) < 4.78 is 14.6. The summed E-state index contributed by atoms with van der Waals surface area (Å²) in [5, 5.41) is 7.75. The highest BCUT2D eigenvalue weighted by atomic mass is 19.1. The van der Waals surface area contributed by atoms with Crippen molar-refractivity contribution in [1.29, 1.82) is 0 Å². The van der Waals surface area contributed by atoms with Gasteiger partial charge in [0.2, 0.25) is 0 Å². The predicted octanol–water partition coefficient (Wildman–Crippen LogP) is 2.08. The molecule has 2 aromatic rings. The lowest BCUT2D eigenvalue weighted by molar-refractivity contribution is 0.462. The Labute approximate surface area is 106 Å². The summed E-state index contributed by atoms with van der Waals surface area (Å²) in [5.41, 5.74) is 1.45. The Bertz CT molecular complexity index is 492. The zero-order valence-corrected chi connectivity index (χ0v) is 10.6. The first kappa shape index (κ1) is 12.7. The van der Waals surface area contributed by atoms with Crippen LogP contribution < -0.4 is 5.32 Å². The van der Waals surface area contributed by atoms with Gasteiger partial charge in [-0.15, -0.1) is 0 Å². The molecule has 0 fully saturated rings. The highest BCUT2D eigenvalue weighted by Gasteiger charge is 2.06. The molecule has 0 saturated carbocycles. The second-order valence-electron chi connectivity index (χ2n) is 4.24. The van der Waals surface area contributed by atoms with Crippen LogP contribution in [0.2, 0.25) is 0 Å². The van der Waals surface area contributed by atoms with Gasteiger partial charge in [0.15, 0.2) is 0 Å². The van der Waals surface area contributed by atoms with Gasteiger partial charge < -0.3 is 5.32 Å². The summed E-state index contributed by atoms with van der Waals surface area (Å²) in [6, 6.07) is 5.28. The van der Waals surface area contributed by atoms with Crippen molar-refractivity contribution in [2.75, 3.05) is 6.54 Å². The van der Waals surface area contributed by atoms with E-state index in [9.17, 15) is 4.39 Å². The van der Waals surface area contributed by atoms with Crippen molar-refractivity contribution in [1.82, 2.24) is 20.1 Å². The van der Waals surface area contributed by atoms with Crippen LogP contribution in [0, 0.1) is 5.82 Å². The van der Waals surface area contributed by atoms with Gasteiger partial charge in [0, 0.05) is 12.2 Å². The van der Waals surface area contributed by atoms with E-state index in [4.69, 9.17) is 0 Å². The molecule has 0 saturated heterocycles. The van der Waals surface area contributed by atoms with Gasteiger partial charge in [-0.05, 0) is 31.7 Å². The lowest BCUT2D eigenvalue weighted by Crippen LogP contribution is -2.30. The molecule has 0 spiro atoms. The summed E-state index contributed by atoms with van der Waals surface area (Å²) in [6.45, 7) is 5.93. The number of nitrogens with zero attached hydrogens (tertiary/aromatic N) is 3. The highest BCUT2D eigenvalue weighted by molar-refractivity contribution is 5.52. The van der Waals surface area contributed by atoms with E-state index in [2.05, 4.69) is 29.2 Å². The molecule has 5 heteroatoms. The maximum atomic E-state index is 12.8. The quantitative estimate of drug-likeness (QED) is 0.881. The van der Waals surface area contributed by atoms with Gasteiger partial charge in [-0.2, -0.15) is 5.10 Å². The Morgan fingerprint density at radius 2 is 2.17 bits per heavy atom. The van der Waals surface area contributed by atoms with Crippen molar-refractivity contribution in [2.45, 2.75) is 26.4 Å². The van der Waals surface area contributed by atoms with Crippen LogP contribution in [-0.2, 0) is 6.54 Å².